The normalized spacial score (nSPS) is 10.1. The fourth-order valence-corrected chi connectivity index (χ4v) is 3.21. The van der Waals surface area contributed by atoms with E-state index in [9.17, 15) is 10.5 Å². The molecule has 1 heterocycles. The Hall–Kier alpha value is -3.54. The van der Waals surface area contributed by atoms with Crippen molar-refractivity contribution < 1.29 is 4.74 Å². The first-order valence-electron chi connectivity index (χ1n) is 8.04. The summed E-state index contributed by atoms with van der Waals surface area (Å²) in [7, 11) is 1.56. The van der Waals surface area contributed by atoms with Crippen LogP contribution in [0.25, 0.3) is 22.4 Å². The third-order valence-corrected chi connectivity index (χ3v) is 4.48. The van der Waals surface area contributed by atoms with E-state index in [4.69, 9.17) is 22.1 Å². The van der Waals surface area contributed by atoms with Crippen molar-refractivity contribution in [2.75, 3.05) is 12.8 Å². The summed E-state index contributed by atoms with van der Waals surface area (Å²) in [5.74, 6) is 0.698. The molecule has 2 aromatic carbocycles. The molecule has 2 N–H and O–H groups in total. The third-order valence-electron chi connectivity index (χ3n) is 4.25. The lowest BCUT2D eigenvalue weighted by atomic mass is 9.90. The standard InChI is InChI=1S/C21H15ClN4O/c1-12-8-14(22)6-7-16(12)19-17(10-23)20(26-21(25)18(19)11-24)13-4-3-5-15(9-13)27-2/h3-9H,1-2H3,(H2,25,26). The molecule has 6 heteroatoms. The monoisotopic (exact) mass is 374 g/mol. The van der Waals surface area contributed by atoms with Crippen LogP contribution in [-0.4, -0.2) is 12.1 Å². The quantitative estimate of drug-likeness (QED) is 0.716. The molecule has 0 aliphatic rings. The van der Waals surface area contributed by atoms with Crippen LogP contribution in [-0.2, 0) is 0 Å². The molecule has 5 nitrogen and oxygen atoms in total. The number of nitrogen functional groups attached to an aromatic ring is 1. The zero-order valence-corrected chi connectivity index (χ0v) is 15.5. The largest absolute Gasteiger partial charge is 0.497 e. The Morgan fingerprint density at radius 1 is 1.07 bits per heavy atom. The van der Waals surface area contributed by atoms with Crippen molar-refractivity contribution in [3.63, 3.8) is 0 Å². The highest BCUT2D eigenvalue weighted by Gasteiger charge is 2.22. The number of nitriles is 2. The predicted octanol–water partition coefficient (Wildman–Crippen LogP) is 4.71. The minimum absolute atomic E-state index is 0.0682. The highest BCUT2D eigenvalue weighted by atomic mass is 35.5. The molecule has 0 amide bonds. The topological polar surface area (TPSA) is 95.7 Å². The third kappa shape index (κ3) is 3.29. The maximum Gasteiger partial charge on any atom is 0.142 e. The van der Waals surface area contributed by atoms with E-state index in [0.29, 0.717) is 33.2 Å². The van der Waals surface area contributed by atoms with Gasteiger partial charge >= 0.3 is 0 Å². The lowest BCUT2D eigenvalue weighted by Crippen LogP contribution is -2.04. The van der Waals surface area contributed by atoms with Gasteiger partial charge < -0.3 is 10.5 Å². The van der Waals surface area contributed by atoms with Gasteiger partial charge in [-0.05, 0) is 42.3 Å². The molecular weight excluding hydrogens is 360 g/mol. The van der Waals surface area contributed by atoms with E-state index in [2.05, 4.69) is 17.1 Å². The van der Waals surface area contributed by atoms with Crippen molar-refractivity contribution in [2.45, 2.75) is 6.92 Å². The first-order valence-corrected chi connectivity index (χ1v) is 8.42. The van der Waals surface area contributed by atoms with E-state index in [0.717, 1.165) is 5.56 Å². The number of benzene rings is 2. The molecule has 0 atom stereocenters. The second-order valence-electron chi connectivity index (χ2n) is 5.89. The molecule has 0 radical (unpaired) electrons. The second kappa shape index (κ2) is 7.37. The van der Waals surface area contributed by atoms with Crippen LogP contribution in [0.3, 0.4) is 0 Å². The number of anilines is 1. The van der Waals surface area contributed by atoms with Crippen LogP contribution < -0.4 is 10.5 Å². The van der Waals surface area contributed by atoms with Gasteiger partial charge in [0.1, 0.15) is 29.3 Å². The fraction of sp³-hybridized carbons (Fsp3) is 0.0952. The number of aromatic nitrogens is 1. The smallest absolute Gasteiger partial charge is 0.142 e. The number of rotatable bonds is 3. The van der Waals surface area contributed by atoms with Crippen molar-refractivity contribution in [3.05, 3.63) is 64.2 Å². The molecule has 1 aromatic heterocycles. The molecule has 0 unspecified atom stereocenters. The van der Waals surface area contributed by atoms with E-state index in [1.54, 1.807) is 43.5 Å². The van der Waals surface area contributed by atoms with Crippen LogP contribution in [0, 0.1) is 29.6 Å². The Kier molecular flexibility index (Phi) is 4.98. The molecular formula is C21H15ClN4O. The van der Waals surface area contributed by atoms with E-state index >= 15 is 0 Å². The highest BCUT2D eigenvalue weighted by Crippen LogP contribution is 2.38. The van der Waals surface area contributed by atoms with Crippen molar-refractivity contribution in [1.82, 2.24) is 4.98 Å². The SMILES string of the molecule is COc1cccc(-c2nc(N)c(C#N)c(-c3ccc(Cl)cc3C)c2C#N)c1. The minimum Gasteiger partial charge on any atom is -0.497 e. The molecule has 132 valence electrons. The number of nitrogens with zero attached hydrogens (tertiary/aromatic N) is 3. The van der Waals surface area contributed by atoms with E-state index in [-0.39, 0.29) is 16.9 Å². The van der Waals surface area contributed by atoms with Gasteiger partial charge in [0.2, 0.25) is 0 Å². The van der Waals surface area contributed by atoms with Gasteiger partial charge in [-0.15, -0.1) is 0 Å². The molecule has 0 aliphatic heterocycles. The summed E-state index contributed by atoms with van der Waals surface area (Å²) in [6, 6.07) is 16.7. The van der Waals surface area contributed by atoms with Gasteiger partial charge in [0.25, 0.3) is 0 Å². The molecule has 0 saturated heterocycles. The molecule has 0 aliphatic carbocycles. The summed E-state index contributed by atoms with van der Waals surface area (Å²) in [5.41, 5.74) is 9.61. The van der Waals surface area contributed by atoms with Gasteiger partial charge in [0, 0.05) is 16.1 Å². The number of hydrogen-bond donors (Lipinski definition) is 1. The lowest BCUT2D eigenvalue weighted by molar-refractivity contribution is 0.415. The van der Waals surface area contributed by atoms with Crippen LogP contribution in [0.1, 0.15) is 16.7 Å². The zero-order valence-electron chi connectivity index (χ0n) is 14.7. The maximum absolute atomic E-state index is 9.91. The Morgan fingerprint density at radius 3 is 2.44 bits per heavy atom. The van der Waals surface area contributed by atoms with Gasteiger partial charge in [-0.3, -0.25) is 0 Å². The van der Waals surface area contributed by atoms with E-state index in [1.807, 2.05) is 13.0 Å². The van der Waals surface area contributed by atoms with E-state index < -0.39 is 0 Å². The van der Waals surface area contributed by atoms with Gasteiger partial charge in [-0.2, -0.15) is 10.5 Å². The van der Waals surface area contributed by atoms with Crippen molar-refractivity contribution >= 4 is 17.4 Å². The zero-order chi connectivity index (χ0) is 19.6. The lowest BCUT2D eigenvalue weighted by Gasteiger charge is -2.15. The summed E-state index contributed by atoms with van der Waals surface area (Å²) < 4.78 is 5.26. The number of halogens is 1. The van der Waals surface area contributed by atoms with Crippen molar-refractivity contribution in [2.24, 2.45) is 0 Å². The van der Waals surface area contributed by atoms with Crippen LogP contribution in [0.5, 0.6) is 5.75 Å². The van der Waals surface area contributed by atoms with Crippen LogP contribution in [0.15, 0.2) is 42.5 Å². The number of nitrogens with two attached hydrogens (primary N) is 1. The van der Waals surface area contributed by atoms with Gasteiger partial charge in [-0.1, -0.05) is 29.8 Å². The Bertz CT molecular complexity index is 1130. The minimum atomic E-state index is 0.0682. The Labute approximate surface area is 162 Å². The van der Waals surface area contributed by atoms with Gasteiger partial charge in [0.15, 0.2) is 0 Å². The molecule has 0 bridgehead atoms. The van der Waals surface area contributed by atoms with Gasteiger partial charge in [-0.25, -0.2) is 4.98 Å². The second-order valence-corrected chi connectivity index (χ2v) is 6.32. The summed E-state index contributed by atoms with van der Waals surface area (Å²) in [4.78, 5) is 4.34. The number of pyridine rings is 1. The summed E-state index contributed by atoms with van der Waals surface area (Å²) in [6.45, 7) is 1.87. The first kappa shape index (κ1) is 18.3. The molecule has 0 saturated carbocycles. The average molecular weight is 375 g/mol. The van der Waals surface area contributed by atoms with E-state index in [1.165, 1.54) is 0 Å². The Morgan fingerprint density at radius 2 is 1.81 bits per heavy atom. The molecule has 0 fully saturated rings. The average Bonchev–Trinajstić information content (AvgIpc) is 2.67. The van der Waals surface area contributed by atoms with Crippen LogP contribution >= 0.6 is 11.6 Å². The molecule has 0 spiro atoms. The van der Waals surface area contributed by atoms with Gasteiger partial charge in [0.05, 0.1) is 18.4 Å². The molecule has 3 aromatic rings. The number of methoxy groups -OCH3 is 1. The maximum atomic E-state index is 9.91. The number of aryl methyl sites for hydroxylation is 1. The van der Waals surface area contributed by atoms with Crippen LogP contribution in [0.4, 0.5) is 5.82 Å². The predicted molar refractivity (Wildman–Crippen MR) is 105 cm³/mol. The first-order chi connectivity index (χ1) is 13.0. The number of hydrogen-bond acceptors (Lipinski definition) is 5. The molecule has 27 heavy (non-hydrogen) atoms. The Balaban J connectivity index is 2.41. The summed E-state index contributed by atoms with van der Waals surface area (Å²) in [5, 5.41) is 20.1. The van der Waals surface area contributed by atoms with Crippen molar-refractivity contribution in [3.8, 4) is 40.3 Å². The fourth-order valence-electron chi connectivity index (χ4n) is 2.98. The summed E-state index contributed by atoms with van der Waals surface area (Å²) in [6.07, 6.45) is 0. The summed E-state index contributed by atoms with van der Waals surface area (Å²) >= 11 is 6.06. The van der Waals surface area contributed by atoms with Crippen molar-refractivity contribution in [1.29, 1.82) is 10.5 Å². The highest BCUT2D eigenvalue weighted by molar-refractivity contribution is 6.30. The molecule has 3 rings (SSSR count). The number of ether oxygens (including phenoxy) is 1. The van der Waals surface area contributed by atoms with Crippen LogP contribution in [0.2, 0.25) is 5.02 Å².